The quantitative estimate of drug-likeness (QED) is 0.579. The zero-order chi connectivity index (χ0) is 16.5. The highest BCUT2D eigenvalue weighted by molar-refractivity contribution is 5.92. The van der Waals surface area contributed by atoms with E-state index in [9.17, 15) is 0 Å². The van der Waals surface area contributed by atoms with E-state index in [-0.39, 0.29) is 6.04 Å². The molecule has 0 aliphatic rings. The number of imidazole rings is 1. The molecule has 3 heterocycles. The number of fused-ring (bicyclic) bond motifs is 1. The van der Waals surface area contributed by atoms with Crippen LogP contribution in [0.1, 0.15) is 25.7 Å². The lowest BCUT2D eigenvalue weighted by Crippen LogP contribution is -2.14. The molecule has 4 aromatic rings. The van der Waals surface area contributed by atoms with Crippen LogP contribution in [0.2, 0.25) is 0 Å². The number of hydrogen-bond acceptors (Lipinski definition) is 4. The molecule has 0 radical (unpaired) electrons. The zero-order valence-corrected chi connectivity index (χ0v) is 13.7. The van der Waals surface area contributed by atoms with E-state index in [4.69, 9.17) is 0 Å². The summed E-state index contributed by atoms with van der Waals surface area (Å²) in [7, 11) is 0. The molecule has 6 nitrogen and oxygen atoms in total. The standard InChI is InChI=1S/C18H18N6/c1-3-24-17(21-12-22-24)13(2)23-11-10-20-18(23)15-6-4-8-16-14(15)7-5-9-19-16/h4-13H,3H2,1-2H3. The Kier molecular flexibility index (Phi) is 3.57. The molecule has 0 bridgehead atoms. The number of aryl methyl sites for hydroxylation is 1. The van der Waals surface area contributed by atoms with Gasteiger partial charge in [-0.15, -0.1) is 0 Å². The average Bonchev–Trinajstić information content (AvgIpc) is 3.29. The highest BCUT2D eigenvalue weighted by Gasteiger charge is 2.19. The van der Waals surface area contributed by atoms with Crippen LogP contribution in [0, 0.1) is 0 Å². The van der Waals surface area contributed by atoms with Crippen molar-refractivity contribution in [2.75, 3.05) is 0 Å². The first-order valence-corrected chi connectivity index (χ1v) is 8.04. The minimum absolute atomic E-state index is 0.0388. The fraction of sp³-hybridized carbons (Fsp3) is 0.222. The van der Waals surface area contributed by atoms with Crippen LogP contribution in [-0.2, 0) is 6.54 Å². The number of aromatic nitrogens is 6. The highest BCUT2D eigenvalue weighted by Crippen LogP contribution is 2.29. The van der Waals surface area contributed by atoms with E-state index in [2.05, 4.69) is 50.6 Å². The number of rotatable bonds is 4. The molecule has 6 heteroatoms. The molecule has 0 saturated carbocycles. The van der Waals surface area contributed by atoms with Gasteiger partial charge in [-0.3, -0.25) is 4.98 Å². The van der Waals surface area contributed by atoms with Gasteiger partial charge >= 0.3 is 0 Å². The van der Waals surface area contributed by atoms with Gasteiger partial charge in [-0.1, -0.05) is 18.2 Å². The Bertz CT molecular complexity index is 979. The van der Waals surface area contributed by atoms with Gasteiger partial charge in [0.25, 0.3) is 0 Å². The summed E-state index contributed by atoms with van der Waals surface area (Å²) in [6.45, 7) is 4.97. The van der Waals surface area contributed by atoms with Crippen molar-refractivity contribution >= 4 is 10.9 Å². The SMILES string of the molecule is CCn1ncnc1C(C)n1ccnc1-c1cccc2ncccc12. The van der Waals surface area contributed by atoms with E-state index in [0.29, 0.717) is 0 Å². The van der Waals surface area contributed by atoms with Crippen molar-refractivity contribution < 1.29 is 0 Å². The van der Waals surface area contributed by atoms with Gasteiger partial charge in [-0.05, 0) is 26.0 Å². The van der Waals surface area contributed by atoms with E-state index in [1.54, 1.807) is 6.33 Å². The first-order chi connectivity index (χ1) is 11.8. The van der Waals surface area contributed by atoms with E-state index in [1.807, 2.05) is 41.5 Å². The summed E-state index contributed by atoms with van der Waals surface area (Å²) < 4.78 is 4.05. The summed E-state index contributed by atoms with van der Waals surface area (Å²) in [6, 6.07) is 10.2. The Morgan fingerprint density at radius 3 is 2.83 bits per heavy atom. The Morgan fingerprint density at radius 1 is 1.04 bits per heavy atom. The third-order valence-corrected chi connectivity index (χ3v) is 4.29. The average molecular weight is 318 g/mol. The molecule has 0 fully saturated rings. The number of benzene rings is 1. The molecule has 0 saturated heterocycles. The molecule has 1 unspecified atom stereocenters. The number of nitrogens with zero attached hydrogens (tertiary/aromatic N) is 6. The normalized spacial score (nSPS) is 12.6. The second-order valence-electron chi connectivity index (χ2n) is 5.64. The van der Waals surface area contributed by atoms with Gasteiger partial charge in [0.15, 0.2) is 0 Å². The fourth-order valence-corrected chi connectivity index (χ4v) is 3.10. The Labute approximate surface area is 139 Å². The maximum atomic E-state index is 4.60. The molecule has 0 aliphatic heterocycles. The lowest BCUT2D eigenvalue weighted by Gasteiger charge is -2.17. The van der Waals surface area contributed by atoms with Gasteiger partial charge in [0.05, 0.1) is 11.6 Å². The van der Waals surface area contributed by atoms with Crippen molar-refractivity contribution in [2.45, 2.75) is 26.4 Å². The molecule has 4 rings (SSSR count). The maximum Gasteiger partial charge on any atom is 0.149 e. The first-order valence-electron chi connectivity index (χ1n) is 8.04. The summed E-state index contributed by atoms with van der Waals surface area (Å²) >= 11 is 0. The van der Waals surface area contributed by atoms with Crippen LogP contribution in [0.3, 0.4) is 0 Å². The van der Waals surface area contributed by atoms with Crippen LogP contribution in [0.5, 0.6) is 0 Å². The van der Waals surface area contributed by atoms with Gasteiger partial charge in [0.2, 0.25) is 0 Å². The molecule has 0 spiro atoms. The minimum Gasteiger partial charge on any atom is -0.321 e. The second kappa shape index (κ2) is 5.88. The lowest BCUT2D eigenvalue weighted by atomic mass is 10.1. The molecule has 1 atom stereocenters. The van der Waals surface area contributed by atoms with Crippen LogP contribution in [0.15, 0.2) is 55.2 Å². The minimum atomic E-state index is 0.0388. The van der Waals surface area contributed by atoms with E-state index < -0.39 is 0 Å². The molecule has 120 valence electrons. The van der Waals surface area contributed by atoms with Crippen LogP contribution < -0.4 is 0 Å². The largest absolute Gasteiger partial charge is 0.321 e. The molecule has 0 amide bonds. The molecule has 0 N–H and O–H groups in total. The highest BCUT2D eigenvalue weighted by atomic mass is 15.3. The smallest absolute Gasteiger partial charge is 0.149 e. The van der Waals surface area contributed by atoms with Crippen molar-refractivity contribution in [3.05, 3.63) is 61.1 Å². The van der Waals surface area contributed by atoms with Crippen LogP contribution in [0.4, 0.5) is 0 Å². The number of pyridine rings is 1. The van der Waals surface area contributed by atoms with Gasteiger partial charge in [-0.25, -0.2) is 14.6 Å². The second-order valence-corrected chi connectivity index (χ2v) is 5.64. The Morgan fingerprint density at radius 2 is 1.96 bits per heavy atom. The summed E-state index contributed by atoms with van der Waals surface area (Å²) in [4.78, 5) is 13.5. The van der Waals surface area contributed by atoms with E-state index >= 15 is 0 Å². The van der Waals surface area contributed by atoms with Crippen molar-refractivity contribution in [3.8, 4) is 11.4 Å². The summed E-state index contributed by atoms with van der Waals surface area (Å²) in [5, 5.41) is 5.37. The molecular formula is C18H18N6. The van der Waals surface area contributed by atoms with Crippen molar-refractivity contribution in [3.63, 3.8) is 0 Å². The van der Waals surface area contributed by atoms with Gasteiger partial charge in [-0.2, -0.15) is 5.10 Å². The topological polar surface area (TPSA) is 61.4 Å². The van der Waals surface area contributed by atoms with E-state index in [0.717, 1.165) is 34.7 Å². The van der Waals surface area contributed by atoms with Crippen molar-refractivity contribution in [1.82, 2.24) is 29.3 Å². The maximum absolute atomic E-state index is 4.60. The third kappa shape index (κ3) is 2.27. The Balaban J connectivity index is 1.86. The first kappa shape index (κ1) is 14.6. The molecule has 0 aliphatic carbocycles. The molecule has 3 aromatic heterocycles. The van der Waals surface area contributed by atoms with Gasteiger partial charge in [0.1, 0.15) is 18.0 Å². The summed E-state index contributed by atoms with van der Waals surface area (Å²) in [5.41, 5.74) is 2.04. The molecular weight excluding hydrogens is 300 g/mol. The van der Waals surface area contributed by atoms with Crippen LogP contribution in [-0.4, -0.2) is 29.3 Å². The van der Waals surface area contributed by atoms with Gasteiger partial charge in [0, 0.05) is 36.1 Å². The van der Waals surface area contributed by atoms with Crippen LogP contribution in [0.25, 0.3) is 22.3 Å². The zero-order valence-electron chi connectivity index (χ0n) is 13.7. The van der Waals surface area contributed by atoms with Crippen molar-refractivity contribution in [1.29, 1.82) is 0 Å². The van der Waals surface area contributed by atoms with Gasteiger partial charge < -0.3 is 4.57 Å². The van der Waals surface area contributed by atoms with Crippen molar-refractivity contribution in [2.24, 2.45) is 0 Å². The molecule has 24 heavy (non-hydrogen) atoms. The lowest BCUT2D eigenvalue weighted by molar-refractivity contribution is 0.530. The number of hydrogen-bond donors (Lipinski definition) is 0. The summed E-state index contributed by atoms with van der Waals surface area (Å²) in [6.07, 6.45) is 7.23. The fourth-order valence-electron chi connectivity index (χ4n) is 3.10. The van der Waals surface area contributed by atoms with Crippen LogP contribution >= 0.6 is 0 Å². The summed E-state index contributed by atoms with van der Waals surface area (Å²) in [5.74, 6) is 1.84. The predicted octanol–water partition coefficient (Wildman–Crippen LogP) is 3.32. The predicted molar refractivity (Wildman–Crippen MR) is 92.5 cm³/mol. The van der Waals surface area contributed by atoms with E-state index in [1.165, 1.54) is 0 Å². The third-order valence-electron chi connectivity index (χ3n) is 4.29. The Hall–Kier alpha value is -3.02. The monoisotopic (exact) mass is 318 g/mol. The molecule has 1 aromatic carbocycles.